The fourth-order valence-corrected chi connectivity index (χ4v) is 3.21. The van der Waals surface area contributed by atoms with Crippen LogP contribution in [-0.4, -0.2) is 31.1 Å². The number of para-hydroxylation sites is 1. The number of hydrogen-bond acceptors (Lipinski definition) is 5. The predicted molar refractivity (Wildman–Crippen MR) is 87.7 cm³/mol. The molecule has 0 fully saturated rings. The van der Waals surface area contributed by atoms with Gasteiger partial charge in [-0.2, -0.15) is 0 Å². The van der Waals surface area contributed by atoms with Crippen molar-refractivity contribution in [2.24, 2.45) is 5.92 Å². The molecule has 1 aliphatic rings. The number of hydrogen-bond donors (Lipinski definition) is 2. The minimum Gasteiger partial charge on any atom is -0.493 e. The van der Waals surface area contributed by atoms with E-state index in [2.05, 4.69) is 21.7 Å². The fourth-order valence-electron chi connectivity index (χ4n) is 2.56. The number of fused-ring (bicyclic) bond motifs is 1. The standard InChI is InChI=1S/C16H19N3O2S/c1-17-16-19-13(10-22-16)15(20)18-9-11-6-7-21-14-5-3-2-4-12(14)8-11/h2-5,10-11H,6-9H2,1H3,(H,17,19)(H,18,20)/t11-/m0/s1. The van der Waals surface area contributed by atoms with E-state index in [1.165, 1.54) is 16.9 Å². The van der Waals surface area contributed by atoms with Crippen molar-refractivity contribution in [1.82, 2.24) is 10.3 Å². The van der Waals surface area contributed by atoms with Gasteiger partial charge in [0.15, 0.2) is 5.13 Å². The summed E-state index contributed by atoms with van der Waals surface area (Å²) < 4.78 is 5.76. The monoisotopic (exact) mass is 317 g/mol. The summed E-state index contributed by atoms with van der Waals surface area (Å²) in [6.07, 6.45) is 1.86. The molecule has 22 heavy (non-hydrogen) atoms. The summed E-state index contributed by atoms with van der Waals surface area (Å²) in [5.74, 6) is 1.24. The van der Waals surface area contributed by atoms with Gasteiger partial charge >= 0.3 is 0 Å². The lowest BCUT2D eigenvalue weighted by molar-refractivity contribution is 0.0941. The van der Waals surface area contributed by atoms with E-state index in [1.54, 1.807) is 12.4 Å². The Kier molecular flexibility index (Phi) is 4.58. The highest BCUT2D eigenvalue weighted by Crippen LogP contribution is 2.26. The maximum Gasteiger partial charge on any atom is 0.270 e. The SMILES string of the molecule is CNc1nc(C(=O)NC[C@H]2CCOc3ccccc3C2)cs1. The summed E-state index contributed by atoms with van der Waals surface area (Å²) in [5.41, 5.74) is 1.69. The third-order valence-electron chi connectivity index (χ3n) is 3.77. The van der Waals surface area contributed by atoms with Crippen molar-refractivity contribution in [3.05, 3.63) is 40.9 Å². The van der Waals surface area contributed by atoms with Crippen LogP contribution in [0.5, 0.6) is 5.75 Å². The molecule has 1 amide bonds. The van der Waals surface area contributed by atoms with Crippen molar-refractivity contribution in [3.8, 4) is 5.75 Å². The quantitative estimate of drug-likeness (QED) is 0.910. The Morgan fingerprint density at radius 3 is 3.14 bits per heavy atom. The van der Waals surface area contributed by atoms with Gasteiger partial charge in [0.1, 0.15) is 11.4 Å². The second-order valence-corrected chi connectivity index (χ2v) is 6.17. The van der Waals surface area contributed by atoms with Gasteiger partial charge in [-0.05, 0) is 30.4 Å². The summed E-state index contributed by atoms with van der Waals surface area (Å²) in [6.45, 7) is 1.33. The molecule has 2 N–H and O–H groups in total. The Morgan fingerprint density at radius 2 is 2.32 bits per heavy atom. The zero-order valence-corrected chi connectivity index (χ0v) is 13.3. The number of rotatable bonds is 4. The van der Waals surface area contributed by atoms with E-state index in [4.69, 9.17) is 4.74 Å². The smallest absolute Gasteiger partial charge is 0.270 e. The average Bonchev–Trinajstić information content (AvgIpc) is 2.93. The highest BCUT2D eigenvalue weighted by atomic mass is 32.1. The van der Waals surface area contributed by atoms with Crippen molar-refractivity contribution in [2.45, 2.75) is 12.8 Å². The summed E-state index contributed by atoms with van der Waals surface area (Å²) in [6, 6.07) is 8.11. The molecule has 0 spiro atoms. The van der Waals surface area contributed by atoms with E-state index in [-0.39, 0.29) is 5.91 Å². The van der Waals surface area contributed by atoms with Crippen LogP contribution in [0.25, 0.3) is 0 Å². The Hall–Kier alpha value is -2.08. The second-order valence-electron chi connectivity index (χ2n) is 5.31. The first kappa shape index (κ1) is 14.8. The molecule has 0 bridgehead atoms. The molecule has 6 heteroatoms. The molecule has 0 saturated heterocycles. The number of nitrogens with one attached hydrogen (secondary N) is 2. The third kappa shape index (κ3) is 3.39. The minimum absolute atomic E-state index is 0.115. The van der Waals surface area contributed by atoms with Gasteiger partial charge in [0.25, 0.3) is 5.91 Å². The van der Waals surface area contributed by atoms with Crippen molar-refractivity contribution in [3.63, 3.8) is 0 Å². The molecule has 3 rings (SSSR count). The number of benzene rings is 1. The fraction of sp³-hybridized carbons (Fsp3) is 0.375. The van der Waals surface area contributed by atoms with Crippen LogP contribution in [0.2, 0.25) is 0 Å². The van der Waals surface area contributed by atoms with Crippen LogP contribution in [-0.2, 0) is 6.42 Å². The molecule has 1 aliphatic heterocycles. The lowest BCUT2D eigenvalue weighted by Gasteiger charge is -2.14. The number of nitrogens with zero attached hydrogens (tertiary/aromatic N) is 1. The largest absolute Gasteiger partial charge is 0.493 e. The molecule has 1 aromatic heterocycles. The van der Waals surface area contributed by atoms with Gasteiger partial charge in [0.2, 0.25) is 0 Å². The maximum atomic E-state index is 12.1. The zero-order valence-electron chi connectivity index (χ0n) is 12.5. The molecule has 0 saturated carbocycles. The lowest BCUT2D eigenvalue weighted by atomic mass is 9.97. The highest BCUT2D eigenvalue weighted by molar-refractivity contribution is 7.13. The van der Waals surface area contributed by atoms with E-state index in [0.29, 0.717) is 24.8 Å². The van der Waals surface area contributed by atoms with Gasteiger partial charge in [-0.15, -0.1) is 11.3 Å². The molecule has 0 radical (unpaired) electrons. The molecule has 2 heterocycles. The molecule has 0 aliphatic carbocycles. The first-order valence-corrected chi connectivity index (χ1v) is 8.26. The summed E-state index contributed by atoms with van der Waals surface area (Å²) in [7, 11) is 1.80. The van der Waals surface area contributed by atoms with Gasteiger partial charge in [0, 0.05) is 19.0 Å². The zero-order chi connectivity index (χ0) is 15.4. The van der Waals surface area contributed by atoms with Crippen molar-refractivity contribution >= 4 is 22.4 Å². The van der Waals surface area contributed by atoms with E-state index in [0.717, 1.165) is 23.7 Å². The Balaban J connectivity index is 1.58. The van der Waals surface area contributed by atoms with E-state index < -0.39 is 0 Å². The van der Waals surface area contributed by atoms with Crippen LogP contribution in [0.15, 0.2) is 29.6 Å². The van der Waals surface area contributed by atoms with Crippen LogP contribution in [0, 0.1) is 5.92 Å². The average molecular weight is 317 g/mol. The number of amides is 1. The van der Waals surface area contributed by atoms with Crippen LogP contribution in [0.1, 0.15) is 22.5 Å². The van der Waals surface area contributed by atoms with Crippen molar-refractivity contribution in [1.29, 1.82) is 0 Å². The summed E-state index contributed by atoms with van der Waals surface area (Å²) >= 11 is 1.43. The number of anilines is 1. The van der Waals surface area contributed by atoms with Gasteiger partial charge < -0.3 is 15.4 Å². The molecule has 1 aromatic carbocycles. The van der Waals surface area contributed by atoms with E-state index in [9.17, 15) is 4.79 Å². The van der Waals surface area contributed by atoms with Gasteiger partial charge in [0.05, 0.1) is 6.61 Å². The van der Waals surface area contributed by atoms with Crippen LogP contribution in [0.3, 0.4) is 0 Å². The third-order valence-corrected chi connectivity index (χ3v) is 4.63. The Morgan fingerprint density at radius 1 is 1.45 bits per heavy atom. The molecule has 5 nitrogen and oxygen atoms in total. The number of carbonyl (C=O) groups is 1. The number of carbonyl (C=O) groups excluding carboxylic acids is 1. The molecule has 1 atom stereocenters. The van der Waals surface area contributed by atoms with Gasteiger partial charge in [-0.3, -0.25) is 4.79 Å². The Bertz CT molecular complexity index is 656. The normalized spacial score (nSPS) is 17.0. The maximum absolute atomic E-state index is 12.1. The summed E-state index contributed by atoms with van der Waals surface area (Å²) in [4.78, 5) is 16.3. The van der Waals surface area contributed by atoms with Crippen molar-refractivity contribution < 1.29 is 9.53 Å². The van der Waals surface area contributed by atoms with E-state index in [1.807, 2.05) is 18.2 Å². The number of aromatic nitrogens is 1. The van der Waals surface area contributed by atoms with Gasteiger partial charge in [-0.1, -0.05) is 18.2 Å². The lowest BCUT2D eigenvalue weighted by Crippen LogP contribution is -2.30. The molecule has 0 unspecified atom stereocenters. The summed E-state index contributed by atoms with van der Waals surface area (Å²) in [5, 5.41) is 8.45. The number of ether oxygens (including phenoxy) is 1. The predicted octanol–water partition coefficient (Wildman–Crippen LogP) is 2.56. The van der Waals surface area contributed by atoms with Crippen LogP contribution >= 0.6 is 11.3 Å². The first-order chi connectivity index (χ1) is 10.8. The van der Waals surface area contributed by atoms with Crippen molar-refractivity contribution in [2.75, 3.05) is 25.5 Å². The minimum atomic E-state index is -0.115. The molecule has 2 aromatic rings. The van der Waals surface area contributed by atoms with E-state index >= 15 is 0 Å². The van der Waals surface area contributed by atoms with Crippen LogP contribution in [0.4, 0.5) is 5.13 Å². The second kappa shape index (κ2) is 6.79. The Labute approximate surface area is 133 Å². The molecule has 116 valence electrons. The topological polar surface area (TPSA) is 63.2 Å². The molecular weight excluding hydrogens is 298 g/mol. The highest BCUT2D eigenvalue weighted by Gasteiger charge is 2.19. The first-order valence-electron chi connectivity index (χ1n) is 7.38. The number of thiazole rings is 1. The van der Waals surface area contributed by atoms with Gasteiger partial charge in [-0.25, -0.2) is 4.98 Å². The molecular formula is C16H19N3O2S. The van der Waals surface area contributed by atoms with Crippen LogP contribution < -0.4 is 15.4 Å².